The minimum Gasteiger partial charge on any atom is -0.484 e. The Morgan fingerprint density at radius 2 is 2.14 bits per heavy atom. The summed E-state index contributed by atoms with van der Waals surface area (Å²) in [6.07, 6.45) is 1.66. The maximum atomic E-state index is 13.0. The summed E-state index contributed by atoms with van der Waals surface area (Å²) in [5.74, 6) is 1.67. The molecule has 0 unspecified atom stereocenters. The highest BCUT2D eigenvalue weighted by Crippen LogP contribution is 2.26. The van der Waals surface area contributed by atoms with E-state index >= 15 is 0 Å². The van der Waals surface area contributed by atoms with E-state index in [9.17, 15) is 4.39 Å². The Kier molecular flexibility index (Phi) is 5.82. The molecule has 0 atom stereocenters. The van der Waals surface area contributed by atoms with Crippen LogP contribution in [-0.2, 0) is 13.2 Å². The summed E-state index contributed by atoms with van der Waals surface area (Å²) in [5.41, 5.74) is 1.08. The van der Waals surface area contributed by atoms with E-state index in [1.54, 1.807) is 12.3 Å². The Hall–Kier alpha value is -1.33. The van der Waals surface area contributed by atoms with Crippen molar-refractivity contribution in [1.82, 2.24) is 5.32 Å². The van der Waals surface area contributed by atoms with Gasteiger partial charge >= 0.3 is 0 Å². The fraction of sp³-hybridized carbons (Fsp3) is 0.375. The Morgan fingerprint density at radius 3 is 2.86 bits per heavy atom. The molecule has 1 aromatic carbocycles. The van der Waals surface area contributed by atoms with Crippen molar-refractivity contribution in [2.75, 3.05) is 6.54 Å². The fourth-order valence-corrected chi connectivity index (χ4v) is 2.35. The van der Waals surface area contributed by atoms with Gasteiger partial charge in [0, 0.05) is 12.1 Å². The van der Waals surface area contributed by atoms with Crippen molar-refractivity contribution in [3.63, 3.8) is 0 Å². The highest BCUT2D eigenvalue weighted by molar-refractivity contribution is 9.10. The molecule has 0 amide bonds. The van der Waals surface area contributed by atoms with E-state index in [1.807, 2.05) is 6.07 Å². The molecule has 0 bridgehead atoms. The van der Waals surface area contributed by atoms with Crippen LogP contribution in [0, 0.1) is 11.7 Å². The van der Waals surface area contributed by atoms with Crippen molar-refractivity contribution in [2.45, 2.75) is 27.0 Å². The van der Waals surface area contributed by atoms with Crippen LogP contribution in [0.25, 0.3) is 0 Å². The highest BCUT2D eigenvalue weighted by atomic mass is 79.9. The van der Waals surface area contributed by atoms with Gasteiger partial charge in [0.05, 0.1) is 10.7 Å². The number of hydrogen-bond donors (Lipinski definition) is 1. The Labute approximate surface area is 132 Å². The lowest BCUT2D eigenvalue weighted by atomic mass is 10.2. The van der Waals surface area contributed by atoms with Crippen molar-refractivity contribution in [3.8, 4) is 5.75 Å². The molecular formula is C16H19BrFNO2. The quantitative estimate of drug-likeness (QED) is 0.793. The van der Waals surface area contributed by atoms with Gasteiger partial charge in [0.1, 0.15) is 23.9 Å². The number of rotatable bonds is 7. The van der Waals surface area contributed by atoms with Crippen LogP contribution < -0.4 is 10.1 Å². The van der Waals surface area contributed by atoms with Crippen LogP contribution in [0.4, 0.5) is 4.39 Å². The van der Waals surface area contributed by atoms with Gasteiger partial charge in [-0.1, -0.05) is 13.8 Å². The summed E-state index contributed by atoms with van der Waals surface area (Å²) in [6, 6.07) is 6.28. The van der Waals surface area contributed by atoms with Gasteiger partial charge < -0.3 is 14.5 Å². The van der Waals surface area contributed by atoms with E-state index in [4.69, 9.17) is 9.15 Å². The second-order valence-corrected chi connectivity index (χ2v) is 6.11. The first kappa shape index (κ1) is 16.0. The van der Waals surface area contributed by atoms with Crippen LogP contribution in [0.2, 0.25) is 0 Å². The van der Waals surface area contributed by atoms with E-state index in [-0.39, 0.29) is 5.82 Å². The van der Waals surface area contributed by atoms with E-state index in [2.05, 4.69) is 35.1 Å². The van der Waals surface area contributed by atoms with Crippen molar-refractivity contribution in [2.24, 2.45) is 5.92 Å². The summed E-state index contributed by atoms with van der Waals surface area (Å²) in [5, 5.41) is 3.37. The molecule has 0 aliphatic carbocycles. The van der Waals surface area contributed by atoms with Gasteiger partial charge in [-0.15, -0.1) is 0 Å². The van der Waals surface area contributed by atoms with Gasteiger partial charge in [-0.05, 0) is 52.7 Å². The van der Waals surface area contributed by atoms with Crippen LogP contribution in [0.15, 0.2) is 39.4 Å². The summed E-state index contributed by atoms with van der Waals surface area (Å²) in [6.45, 7) is 6.35. The minimum absolute atomic E-state index is 0.300. The molecule has 2 rings (SSSR count). The van der Waals surface area contributed by atoms with E-state index in [1.165, 1.54) is 12.1 Å². The average Bonchev–Trinajstić information content (AvgIpc) is 2.85. The maximum absolute atomic E-state index is 13.0. The predicted molar refractivity (Wildman–Crippen MR) is 83.7 cm³/mol. The summed E-state index contributed by atoms with van der Waals surface area (Å²) < 4.78 is 24.7. The normalized spacial score (nSPS) is 11.1. The average molecular weight is 356 g/mol. The topological polar surface area (TPSA) is 34.4 Å². The van der Waals surface area contributed by atoms with Gasteiger partial charge in [-0.25, -0.2) is 4.39 Å². The van der Waals surface area contributed by atoms with Crippen molar-refractivity contribution in [1.29, 1.82) is 0 Å². The monoisotopic (exact) mass is 355 g/mol. The third-order valence-electron chi connectivity index (χ3n) is 2.96. The zero-order valence-electron chi connectivity index (χ0n) is 12.2. The standard InChI is InChI=1S/C16H19BrFNO2/c1-11(2)8-19-9-12-5-6-20-16(12)10-21-15-4-3-13(18)7-14(15)17/h3-7,11,19H,8-10H2,1-2H3. The molecule has 1 aromatic heterocycles. The molecular weight excluding hydrogens is 337 g/mol. The molecule has 2 aromatic rings. The zero-order chi connectivity index (χ0) is 15.2. The molecule has 0 spiro atoms. The van der Waals surface area contributed by atoms with Gasteiger partial charge in [0.25, 0.3) is 0 Å². The van der Waals surface area contributed by atoms with Crippen molar-refractivity contribution >= 4 is 15.9 Å². The van der Waals surface area contributed by atoms with Crippen LogP contribution >= 0.6 is 15.9 Å². The molecule has 5 heteroatoms. The molecule has 3 nitrogen and oxygen atoms in total. The molecule has 1 N–H and O–H groups in total. The van der Waals surface area contributed by atoms with Crippen molar-refractivity contribution < 1.29 is 13.5 Å². The number of hydrogen-bond acceptors (Lipinski definition) is 3. The van der Waals surface area contributed by atoms with Crippen LogP contribution in [0.1, 0.15) is 25.2 Å². The predicted octanol–water partition coefficient (Wildman–Crippen LogP) is 4.51. The van der Waals surface area contributed by atoms with Crippen LogP contribution in [0.5, 0.6) is 5.75 Å². The maximum Gasteiger partial charge on any atom is 0.146 e. The van der Waals surface area contributed by atoms with Gasteiger partial charge in [0.15, 0.2) is 0 Å². The first-order valence-corrected chi connectivity index (χ1v) is 7.69. The summed E-state index contributed by atoms with van der Waals surface area (Å²) in [4.78, 5) is 0. The third-order valence-corrected chi connectivity index (χ3v) is 3.58. The molecule has 0 fully saturated rings. The number of nitrogens with one attached hydrogen (secondary N) is 1. The number of halogens is 2. The largest absolute Gasteiger partial charge is 0.484 e. The highest BCUT2D eigenvalue weighted by Gasteiger charge is 2.09. The Balaban J connectivity index is 1.92. The van der Waals surface area contributed by atoms with Gasteiger partial charge in [-0.2, -0.15) is 0 Å². The van der Waals surface area contributed by atoms with E-state index in [0.29, 0.717) is 22.7 Å². The molecule has 0 aliphatic heterocycles. The summed E-state index contributed by atoms with van der Waals surface area (Å²) in [7, 11) is 0. The molecule has 0 aliphatic rings. The molecule has 0 saturated carbocycles. The number of ether oxygens (including phenoxy) is 1. The molecule has 1 heterocycles. The fourth-order valence-electron chi connectivity index (χ4n) is 1.88. The third kappa shape index (κ3) is 4.86. The minimum atomic E-state index is -0.300. The Morgan fingerprint density at radius 1 is 1.33 bits per heavy atom. The first-order chi connectivity index (χ1) is 10.1. The Bertz CT molecular complexity index is 583. The lowest BCUT2D eigenvalue weighted by Crippen LogP contribution is -2.19. The van der Waals surface area contributed by atoms with Gasteiger partial charge in [0.2, 0.25) is 0 Å². The van der Waals surface area contributed by atoms with Crippen LogP contribution in [-0.4, -0.2) is 6.54 Å². The SMILES string of the molecule is CC(C)CNCc1ccoc1COc1ccc(F)cc1Br. The first-order valence-electron chi connectivity index (χ1n) is 6.90. The number of furan rings is 1. The molecule has 114 valence electrons. The molecule has 21 heavy (non-hydrogen) atoms. The van der Waals surface area contributed by atoms with Crippen molar-refractivity contribution in [3.05, 3.63) is 52.1 Å². The van der Waals surface area contributed by atoms with Gasteiger partial charge in [-0.3, -0.25) is 0 Å². The van der Waals surface area contributed by atoms with E-state index < -0.39 is 0 Å². The number of benzene rings is 1. The molecule has 0 saturated heterocycles. The smallest absolute Gasteiger partial charge is 0.146 e. The molecule has 0 radical (unpaired) electrons. The van der Waals surface area contributed by atoms with Crippen LogP contribution in [0.3, 0.4) is 0 Å². The zero-order valence-corrected chi connectivity index (χ0v) is 13.7. The second kappa shape index (κ2) is 7.61. The summed E-state index contributed by atoms with van der Waals surface area (Å²) >= 11 is 3.28. The van der Waals surface area contributed by atoms with E-state index in [0.717, 1.165) is 24.4 Å². The second-order valence-electron chi connectivity index (χ2n) is 5.26. The lowest BCUT2D eigenvalue weighted by Gasteiger charge is -2.09. The lowest BCUT2D eigenvalue weighted by molar-refractivity contribution is 0.266.